The largest absolute Gasteiger partial charge is 0.490 e. The van der Waals surface area contributed by atoms with Gasteiger partial charge >= 0.3 is 0 Å². The number of halogens is 1. The van der Waals surface area contributed by atoms with Gasteiger partial charge in [-0.05, 0) is 43.7 Å². The minimum Gasteiger partial charge on any atom is -0.490 e. The number of hydrogen-bond donors (Lipinski definition) is 0. The van der Waals surface area contributed by atoms with Gasteiger partial charge in [-0.2, -0.15) is 0 Å². The summed E-state index contributed by atoms with van der Waals surface area (Å²) >= 11 is 0. The van der Waals surface area contributed by atoms with E-state index >= 15 is 0 Å². The lowest BCUT2D eigenvalue weighted by Gasteiger charge is -2.22. The van der Waals surface area contributed by atoms with Crippen LogP contribution >= 0.6 is 0 Å². The first-order valence-corrected chi connectivity index (χ1v) is 10.9. The van der Waals surface area contributed by atoms with E-state index in [0.29, 0.717) is 29.4 Å². The van der Waals surface area contributed by atoms with E-state index in [1.54, 1.807) is 30.6 Å². The molecule has 1 aliphatic heterocycles. The van der Waals surface area contributed by atoms with Crippen molar-refractivity contribution in [2.75, 3.05) is 17.8 Å². The standard InChI is InChI=1S/C20H22FN3O3S/c1-14(2)27-19-10-16(21)7-8-18(19)20-22-12-24(13-23-20)17-6-4-5-15(9-17)11-28(3,25)26/h4-10,12,14H,11,13H2,1-3H3. The average molecular weight is 403 g/mol. The number of hydrogen-bond acceptors (Lipinski definition) is 6. The van der Waals surface area contributed by atoms with Crippen LogP contribution in [-0.2, 0) is 15.6 Å². The van der Waals surface area contributed by atoms with E-state index in [1.807, 2.05) is 24.8 Å². The molecule has 0 fully saturated rings. The SMILES string of the molecule is CC(C)Oc1cc(F)ccc1C1=NCN(c2cccc(CS(C)(=O)=O)c2)C=N1. The van der Waals surface area contributed by atoms with E-state index in [9.17, 15) is 12.8 Å². The highest BCUT2D eigenvalue weighted by Gasteiger charge is 2.17. The van der Waals surface area contributed by atoms with Gasteiger partial charge < -0.3 is 9.64 Å². The van der Waals surface area contributed by atoms with E-state index in [2.05, 4.69) is 9.98 Å². The van der Waals surface area contributed by atoms with E-state index in [-0.39, 0.29) is 17.7 Å². The van der Waals surface area contributed by atoms with Crippen molar-refractivity contribution in [1.82, 2.24) is 0 Å². The molecule has 148 valence electrons. The van der Waals surface area contributed by atoms with Crippen molar-refractivity contribution >= 4 is 27.7 Å². The molecule has 0 unspecified atom stereocenters. The van der Waals surface area contributed by atoms with Crippen LogP contribution in [0.4, 0.5) is 10.1 Å². The van der Waals surface area contributed by atoms with Gasteiger partial charge in [-0.3, -0.25) is 0 Å². The van der Waals surface area contributed by atoms with Crippen molar-refractivity contribution in [2.45, 2.75) is 25.7 Å². The Morgan fingerprint density at radius 3 is 2.64 bits per heavy atom. The van der Waals surface area contributed by atoms with Crippen LogP contribution in [0.3, 0.4) is 0 Å². The second kappa shape index (κ2) is 8.10. The van der Waals surface area contributed by atoms with Gasteiger partial charge in [0.2, 0.25) is 0 Å². The summed E-state index contributed by atoms with van der Waals surface area (Å²) < 4.78 is 42.3. The topological polar surface area (TPSA) is 71.3 Å². The Balaban J connectivity index is 1.81. The zero-order valence-corrected chi connectivity index (χ0v) is 16.8. The molecule has 0 amide bonds. The van der Waals surface area contributed by atoms with Gasteiger partial charge in [0, 0.05) is 18.0 Å². The van der Waals surface area contributed by atoms with Crippen LogP contribution in [0.15, 0.2) is 52.4 Å². The maximum atomic E-state index is 13.6. The second-order valence-electron chi connectivity index (χ2n) is 6.88. The molecular formula is C20H22FN3O3S. The molecule has 0 saturated heterocycles. The third-order valence-electron chi connectivity index (χ3n) is 3.91. The zero-order chi connectivity index (χ0) is 20.3. The molecule has 0 radical (unpaired) electrons. The van der Waals surface area contributed by atoms with E-state index < -0.39 is 9.84 Å². The molecule has 3 rings (SSSR count). The summed E-state index contributed by atoms with van der Waals surface area (Å²) in [4.78, 5) is 10.7. The van der Waals surface area contributed by atoms with Crippen molar-refractivity contribution in [3.05, 3.63) is 59.4 Å². The highest BCUT2D eigenvalue weighted by atomic mass is 32.2. The van der Waals surface area contributed by atoms with Crippen molar-refractivity contribution < 1.29 is 17.5 Å². The summed E-state index contributed by atoms with van der Waals surface area (Å²) in [6.45, 7) is 4.04. The Morgan fingerprint density at radius 1 is 1.21 bits per heavy atom. The highest BCUT2D eigenvalue weighted by molar-refractivity contribution is 7.89. The molecule has 0 aromatic heterocycles. The average Bonchev–Trinajstić information content (AvgIpc) is 2.60. The van der Waals surface area contributed by atoms with E-state index in [1.165, 1.54) is 18.4 Å². The Morgan fingerprint density at radius 2 is 2.00 bits per heavy atom. The predicted molar refractivity (Wildman–Crippen MR) is 110 cm³/mol. The number of anilines is 1. The lowest BCUT2D eigenvalue weighted by Crippen LogP contribution is -2.27. The Hall–Kier alpha value is -2.74. The molecule has 1 aliphatic rings. The van der Waals surface area contributed by atoms with Crippen molar-refractivity contribution in [2.24, 2.45) is 9.98 Å². The lowest BCUT2D eigenvalue weighted by molar-refractivity contribution is 0.241. The van der Waals surface area contributed by atoms with Crippen LogP contribution in [0, 0.1) is 5.82 Å². The first-order valence-electron chi connectivity index (χ1n) is 8.80. The van der Waals surface area contributed by atoms with Crippen LogP contribution in [0.2, 0.25) is 0 Å². The van der Waals surface area contributed by atoms with Crippen molar-refractivity contribution in [3.63, 3.8) is 0 Å². The van der Waals surface area contributed by atoms with E-state index in [4.69, 9.17) is 4.74 Å². The molecule has 8 heteroatoms. The quantitative estimate of drug-likeness (QED) is 0.741. The fraction of sp³-hybridized carbons (Fsp3) is 0.300. The van der Waals surface area contributed by atoms with Crippen LogP contribution in [-0.4, -0.2) is 39.6 Å². The summed E-state index contributed by atoms with van der Waals surface area (Å²) in [7, 11) is -3.11. The maximum Gasteiger partial charge on any atom is 0.161 e. The van der Waals surface area contributed by atoms with Gasteiger partial charge in [-0.25, -0.2) is 22.8 Å². The molecule has 28 heavy (non-hydrogen) atoms. The normalized spacial score (nSPS) is 14.3. The molecule has 2 aromatic rings. The van der Waals surface area contributed by atoms with E-state index in [0.717, 1.165) is 5.69 Å². The summed E-state index contributed by atoms with van der Waals surface area (Å²) in [6, 6.07) is 11.5. The molecule has 0 atom stereocenters. The molecule has 0 aliphatic carbocycles. The molecular weight excluding hydrogens is 381 g/mol. The number of rotatable bonds is 6. The Kier molecular flexibility index (Phi) is 5.79. The van der Waals surface area contributed by atoms with Gasteiger partial charge in [0.1, 0.15) is 18.2 Å². The van der Waals surface area contributed by atoms with Crippen LogP contribution in [0.5, 0.6) is 5.75 Å². The minimum atomic E-state index is -3.11. The van der Waals surface area contributed by atoms with Gasteiger partial charge in [-0.1, -0.05) is 12.1 Å². The minimum absolute atomic E-state index is 0.0220. The number of amidine groups is 1. The molecule has 0 N–H and O–H groups in total. The van der Waals surface area contributed by atoms with Crippen molar-refractivity contribution in [3.8, 4) is 5.75 Å². The molecule has 0 bridgehead atoms. The maximum absolute atomic E-state index is 13.6. The number of aliphatic imine (C=N–C) groups is 2. The number of benzene rings is 2. The summed E-state index contributed by atoms with van der Waals surface area (Å²) in [5, 5.41) is 0. The molecule has 2 aromatic carbocycles. The van der Waals surface area contributed by atoms with Gasteiger partial charge in [0.15, 0.2) is 15.7 Å². The number of sulfone groups is 1. The lowest BCUT2D eigenvalue weighted by atomic mass is 10.1. The summed E-state index contributed by atoms with van der Waals surface area (Å²) in [6.07, 6.45) is 2.73. The van der Waals surface area contributed by atoms with Gasteiger partial charge in [0.05, 0.1) is 23.8 Å². The first-order chi connectivity index (χ1) is 13.2. The molecule has 1 heterocycles. The van der Waals surface area contributed by atoms with Crippen LogP contribution < -0.4 is 9.64 Å². The Bertz CT molecular complexity index is 1030. The smallest absolute Gasteiger partial charge is 0.161 e. The van der Waals surface area contributed by atoms with Gasteiger partial charge in [-0.15, -0.1) is 0 Å². The zero-order valence-electron chi connectivity index (χ0n) is 16.0. The fourth-order valence-corrected chi connectivity index (χ4v) is 3.59. The first kappa shape index (κ1) is 20.0. The third kappa shape index (κ3) is 5.16. The molecule has 0 spiro atoms. The second-order valence-corrected chi connectivity index (χ2v) is 9.02. The summed E-state index contributed by atoms with van der Waals surface area (Å²) in [5.41, 5.74) is 2.12. The third-order valence-corrected chi connectivity index (χ3v) is 4.77. The summed E-state index contributed by atoms with van der Waals surface area (Å²) in [5.74, 6) is 0.448. The van der Waals surface area contributed by atoms with Crippen LogP contribution in [0.1, 0.15) is 25.0 Å². The van der Waals surface area contributed by atoms with Gasteiger partial charge in [0.25, 0.3) is 0 Å². The Labute approximate surface area is 164 Å². The highest BCUT2D eigenvalue weighted by Crippen LogP contribution is 2.25. The predicted octanol–water partition coefficient (Wildman–Crippen LogP) is 3.41. The van der Waals surface area contributed by atoms with Crippen LogP contribution in [0.25, 0.3) is 0 Å². The number of ether oxygens (including phenoxy) is 1. The van der Waals surface area contributed by atoms with Crippen molar-refractivity contribution in [1.29, 1.82) is 0 Å². The monoisotopic (exact) mass is 403 g/mol. The molecule has 0 saturated carbocycles. The fourth-order valence-electron chi connectivity index (χ4n) is 2.81. The molecule has 6 nitrogen and oxygen atoms in total. The number of nitrogens with zero attached hydrogens (tertiary/aromatic N) is 3.